The molecule has 0 spiro atoms. The Morgan fingerprint density at radius 1 is 1.40 bits per heavy atom. The van der Waals surface area contributed by atoms with Gasteiger partial charge >= 0.3 is 5.91 Å². The van der Waals surface area contributed by atoms with E-state index < -0.39 is 10.9 Å². The molecule has 0 fully saturated rings. The first kappa shape index (κ1) is 11.0. The van der Waals surface area contributed by atoms with E-state index in [9.17, 15) is 14.9 Å². The van der Waals surface area contributed by atoms with Gasteiger partial charge in [0.05, 0.1) is 14.2 Å². The zero-order valence-corrected chi connectivity index (χ0v) is 8.34. The number of amides is 1. The zero-order valence-electron chi connectivity index (χ0n) is 8.34. The first-order valence-electron chi connectivity index (χ1n) is 4.12. The van der Waals surface area contributed by atoms with Gasteiger partial charge in [-0.2, -0.15) is 0 Å². The summed E-state index contributed by atoms with van der Waals surface area (Å²) in [7, 11) is 2.60. The van der Waals surface area contributed by atoms with Crippen molar-refractivity contribution in [2.24, 2.45) is 0 Å². The third-order valence-electron chi connectivity index (χ3n) is 1.88. The predicted molar refractivity (Wildman–Crippen MR) is 52.1 cm³/mol. The van der Waals surface area contributed by atoms with E-state index >= 15 is 0 Å². The second-order valence-corrected chi connectivity index (χ2v) is 2.80. The first-order chi connectivity index (χ1) is 7.06. The van der Waals surface area contributed by atoms with Crippen LogP contribution in [0.25, 0.3) is 0 Å². The second-order valence-electron chi connectivity index (χ2n) is 2.80. The molecule has 0 aliphatic heterocycles. The number of carbonyl (C=O) groups is 1. The van der Waals surface area contributed by atoms with Crippen LogP contribution in [0.4, 0.5) is 0 Å². The van der Waals surface area contributed by atoms with E-state index in [2.05, 4.69) is 0 Å². The van der Waals surface area contributed by atoms with E-state index in [-0.39, 0.29) is 5.56 Å². The highest BCUT2D eigenvalue weighted by molar-refractivity contribution is 5.93. The van der Waals surface area contributed by atoms with Crippen molar-refractivity contribution in [1.29, 1.82) is 0 Å². The zero-order chi connectivity index (χ0) is 11.4. The van der Waals surface area contributed by atoms with Gasteiger partial charge in [-0.3, -0.25) is 4.79 Å². The van der Waals surface area contributed by atoms with Crippen LogP contribution in [-0.2, 0) is 0 Å². The fourth-order valence-corrected chi connectivity index (χ4v) is 0.995. The van der Waals surface area contributed by atoms with E-state index in [0.717, 1.165) is 7.05 Å². The quantitative estimate of drug-likeness (QED) is 0.550. The molecular formula is C9H10N2O4. The monoisotopic (exact) mass is 210 g/mol. The van der Waals surface area contributed by atoms with Gasteiger partial charge in [-0.15, -0.1) is 0 Å². The lowest BCUT2D eigenvalue weighted by Gasteiger charge is -2.06. The highest BCUT2D eigenvalue weighted by Crippen LogP contribution is 2.12. The van der Waals surface area contributed by atoms with Gasteiger partial charge in [0, 0.05) is 5.56 Å². The molecule has 80 valence electrons. The third-order valence-corrected chi connectivity index (χ3v) is 1.88. The van der Waals surface area contributed by atoms with Crippen LogP contribution < -0.4 is 4.74 Å². The van der Waals surface area contributed by atoms with Crippen LogP contribution in [0.1, 0.15) is 10.4 Å². The molecule has 1 aromatic rings. The van der Waals surface area contributed by atoms with Gasteiger partial charge in [0.15, 0.2) is 5.03 Å². The molecular weight excluding hydrogens is 200 g/mol. The van der Waals surface area contributed by atoms with Gasteiger partial charge in [0.1, 0.15) is 5.75 Å². The van der Waals surface area contributed by atoms with Crippen molar-refractivity contribution in [2.45, 2.75) is 0 Å². The van der Waals surface area contributed by atoms with E-state index in [4.69, 9.17) is 4.74 Å². The van der Waals surface area contributed by atoms with Crippen LogP contribution in [0.2, 0.25) is 0 Å². The van der Waals surface area contributed by atoms with Gasteiger partial charge in [-0.05, 0) is 24.3 Å². The Morgan fingerprint density at radius 3 is 2.33 bits per heavy atom. The van der Waals surface area contributed by atoms with Gasteiger partial charge in [-0.1, -0.05) is 5.01 Å². The van der Waals surface area contributed by atoms with Gasteiger partial charge < -0.3 is 4.74 Å². The van der Waals surface area contributed by atoms with E-state index in [0.29, 0.717) is 10.8 Å². The molecule has 1 rings (SSSR count). The molecule has 0 atom stereocenters. The summed E-state index contributed by atoms with van der Waals surface area (Å²) in [5, 5.41) is 9.98. The Labute approximate surface area is 86.2 Å². The number of methoxy groups -OCH3 is 1. The van der Waals surface area contributed by atoms with Crippen molar-refractivity contribution in [3.63, 3.8) is 0 Å². The molecule has 0 unspecified atom stereocenters. The summed E-state index contributed by atoms with van der Waals surface area (Å²) < 4.78 is 4.90. The average Bonchev–Trinajstić information content (AvgIpc) is 2.27. The predicted octanol–water partition coefficient (Wildman–Crippen LogP) is 0.959. The summed E-state index contributed by atoms with van der Waals surface area (Å²) in [6.07, 6.45) is 0. The second kappa shape index (κ2) is 4.41. The van der Waals surface area contributed by atoms with Crippen molar-refractivity contribution in [3.05, 3.63) is 39.9 Å². The molecule has 1 amide bonds. The number of nitro groups is 1. The molecule has 1 aromatic carbocycles. The molecule has 0 saturated heterocycles. The van der Waals surface area contributed by atoms with E-state index in [1.54, 1.807) is 12.1 Å². The van der Waals surface area contributed by atoms with E-state index in [1.807, 2.05) is 0 Å². The number of carbonyl (C=O) groups excluding carboxylic acids is 1. The summed E-state index contributed by atoms with van der Waals surface area (Å²) in [6.45, 7) is 0. The maximum Gasteiger partial charge on any atom is 0.313 e. The van der Waals surface area contributed by atoms with Crippen LogP contribution in [0.3, 0.4) is 0 Å². The molecule has 0 bridgehead atoms. The molecule has 0 N–H and O–H groups in total. The number of hydrogen-bond acceptors (Lipinski definition) is 4. The van der Waals surface area contributed by atoms with Crippen LogP contribution in [0.5, 0.6) is 5.75 Å². The SMILES string of the molecule is COc1ccc(C(=O)N(C)[N+](=O)[O-])cc1. The summed E-state index contributed by atoms with van der Waals surface area (Å²) in [5.41, 5.74) is 0.245. The van der Waals surface area contributed by atoms with Crippen LogP contribution in [0.15, 0.2) is 24.3 Å². The lowest BCUT2D eigenvalue weighted by Crippen LogP contribution is -2.32. The van der Waals surface area contributed by atoms with Gasteiger partial charge in [0.25, 0.3) is 0 Å². The molecule has 0 aliphatic carbocycles. The fraction of sp³-hybridized carbons (Fsp3) is 0.222. The molecule has 6 heteroatoms. The normalized spacial score (nSPS) is 9.47. The topological polar surface area (TPSA) is 72.7 Å². The van der Waals surface area contributed by atoms with Crippen molar-refractivity contribution < 1.29 is 14.6 Å². The highest BCUT2D eigenvalue weighted by atomic mass is 16.7. The Morgan fingerprint density at radius 2 is 1.93 bits per heavy atom. The number of benzene rings is 1. The highest BCUT2D eigenvalue weighted by Gasteiger charge is 2.19. The van der Waals surface area contributed by atoms with Crippen molar-refractivity contribution in [1.82, 2.24) is 5.01 Å². The minimum absolute atomic E-state index is 0.245. The van der Waals surface area contributed by atoms with Crippen LogP contribution in [-0.4, -0.2) is 30.1 Å². The molecule has 6 nitrogen and oxygen atoms in total. The molecule has 0 heterocycles. The average molecular weight is 210 g/mol. The van der Waals surface area contributed by atoms with Gasteiger partial charge in [-0.25, -0.2) is 10.1 Å². The largest absolute Gasteiger partial charge is 0.497 e. The Balaban J connectivity index is 2.87. The molecule has 0 saturated carbocycles. The Hall–Kier alpha value is -2.11. The fourth-order valence-electron chi connectivity index (χ4n) is 0.995. The Kier molecular flexibility index (Phi) is 3.22. The van der Waals surface area contributed by atoms with Crippen molar-refractivity contribution in [3.8, 4) is 5.75 Å². The number of hydrogen-bond donors (Lipinski definition) is 0. The van der Waals surface area contributed by atoms with Crippen molar-refractivity contribution in [2.75, 3.05) is 14.2 Å². The maximum absolute atomic E-state index is 11.4. The maximum atomic E-state index is 11.4. The minimum atomic E-state index is -0.771. The Bertz CT molecular complexity index is 374. The van der Waals surface area contributed by atoms with Crippen LogP contribution >= 0.6 is 0 Å². The van der Waals surface area contributed by atoms with Crippen molar-refractivity contribution >= 4 is 5.91 Å². The third kappa shape index (κ3) is 2.43. The van der Waals surface area contributed by atoms with E-state index in [1.165, 1.54) is 19.2 Å². The smallest absolute Gasteiger partial charge is 0.313 e. The number of hydrazine groups is 1. The summed E-state index contributed by atoms with van der Waals surface area (Å²) >= 11 is 0. The molecule has 15 heavy (non-hydrogen) atoms. The minimum Gasteiger partial charge on any atom is -0.497 e. The first-order valence-corrected chi connectivity index (χ1v) is 4.12. The van der Waals surface area contributed by atoms with Crippen LogP contribution in [0, 0.1) is 10.1 Å². The molecule has 0 aromatic heterocycles. The standard InChI is InChI=1S/C9H10N2O4/c1-10(11(13)14)9(12)7-3-5-8(15-2)6-4-7/h3-6H,1-2H3. The number of ether oxygens (including phenoxy) is 1. The summed E-state index contributed by atoms with van der Waals surface area (Å²) in [6, 6.07) is 6.09. The molecule has 0 radical (unpaired) electrons. The molecule has 0 aliphatic rings. The summed E-state index contributed by atoms with van der Waals surface area (Å²) in [5.74, 6) is -0.0713. The number of rotatable bonds is 3. The lowest BCUT2D eigenvalue weighted by atomic mass is 10.2. The number of nitrogens with zero attached hydrogens (tertiary/aromatic N) is 2. The lowest BCUT2D eigenvalue weighted by molar-refractivity contribution is -0.625. The van der Waals surface area contributed by atoms with Gasteiger partial charge in [0.2, 0.25) is 0 Å². The summed E-state index contributed by atoms with van der Waals surface area (Å²) in [4.78, 5) is 21.8.